The number of esters is 1. The van der Waals surface area contributed by atoms with E-state index in [4.69, 9.17) is 9.84 Å². The zero-order chi connectivity index (χ0) is 21.0. The first kappa shape index (κ1) is 21.1. The minimum atomic E-state index is -1.000. The molecule has 3 rings (SSSR count). The molecule has 1 aromatic heterocycles. The van der Waals surface area contributed by atoms with Gasteiger partial charge in [-0.3, -0.25) is 9.79 Å². The fourth-order valence-electron chi connectivity index (χ4n) is 2.87. The number of carbonyl (C=O) groups excluding carboxylic acids is 1. The molecule has 0 amide bonds. The summed E-state index contributed by atoms with van der Waals surface area (Å²) in [5, 5.41) is 14.5. The predicted molar refractivity (Wildman–Crippen MR) is 109 cm³/mol. The van der Waals surface area contributed by atoms with E-state index in [1.54, 1.807) is 18.5 Å². The number of ether oxygens (including phenoxy) is 1. The summed E-state index contributed by atoms with van der Waals surface area (Å²) in [5.41, 5.74) is 1.14. The Kier molecular flexibility index (Phi) is 6.75. The van der Waals surface area contributed by atoms with Crippen LogP contribution in [0.4, 0.5) is 4.39 Å². The number of carboxylic acid groups (broad SMARTS) is 1. The van der Waals surface area contributed by atoms with Crippen molar-refractivity contribution in [2.45, 2.75) is 25.8 Å². The maximum absolute atomic E-state index is 13.6. The molecule has 2 heterocycles. The Morgan fingerprint density at radius 3 is 2.83 bits per heavy atom. The number of benzene rings is 1. The third-order valence-corrected chi connectivity index (χ3v) is 5.57. The third-order valence-electron chi connectivity index (χ3n) is 4.10. The molecule has 0 fully saturated rings. The van der Waals surface area contributed by atoms with E-state index in [1.165, 1.54) is 29.5 Å². The van der Waals surface area contributed by atoms with Gasteiger partial charge in [-0.05, 0) is 31.0 Å². The molecule has 152 valence electrons. The van der Waals surface area contributed by atoms with E-state index < -0.39 is 23.8 Å². The van der Waals surface area contributed by atoms with Gasteiger partial charge < -0.3 is 15.2 Å². The van der Waals surface area contributed by atoms with Crippen LogP contribution in [0.15, 0.2) is 50.5 Å². The van der Waals surface area contributed by atoms with Crippen LogP contribution in [0.1, 0.15) is 36.4 Å². The summed E-state index contributed by atoms with van der Waals surface area (Å²) in [6.07, 6.45) is 1.51. The molecule has 0 saturated heterocycles. The van der Waals surface area contributed by atoms with Crippen molar-refractivity contribution < 1.29 is 23.8 Å². The predicted octanol–water partition coefficient (Wildman–Crippen LogP) is 3.82. The second kappa shape index (κ2) is 9.27. The van der Waals surface area contributed by atoms with Gasteiger partial charge in [0.1, 0.15) is 11.9 Å². The molecule has 0 spiro atoms. The van der Waals surface area contributed by atoms with Gasteiger partial charge in [0.25, 0.3) is 0 Å². The molecule has 1 aliphatic rings. The number of hydrogen-bond donors (Lipinski definition) is 2. The number of aliphatic imine (C=N–C) groups is 1. The van der Waals surface area contributed by atoms with E-state index in [2.05, 4.69) is 31.2 Å². The number of allylic oxidation sites excluding steroid dienone is 1. The molecule has 0 aliphatic carbocycles. The number of thiazole rings is 1. The van der Waals surface area contributed by atoms with Gasteiger partial charge in [0, 0.05) is 21.7 Å². The number of aromatic nitrogens is 1. The van der Waals surface area contributed by atoms with Crippen LogP contribution in [0.5, 0.6) is 0 Å². The molecular formula is C19H17BrFN3O4S. The average Bonchev–Trinajstić information content (AvgIpc) is 3.20. The highest BCUT2D eigenvalue weighted by Gasteiger charge is 2.33. The summed E-state index contributed by atoms with van der Waals surface area (Å²) < 4.78 is 19.3. The molecule has 10 heteroatoms. The smallest absolute Gasteiger partial charge is 0.338 e. The number of aliphatic carboxylic acids is 1. The Balaban J connectivity index is 2.15. The molecule has 1 atom stereocenters. The zero-order valence-electron chi connectivity index (χ0n) is 15.3. The monoisotopic (exact) mass is 481 g/mol. The lowest BCUT2D eigenvalue weighted by Crippen LogP contribution is -2.34. The number of nitrogens with zero attached hydrogens (tertiary/aromatic N) is 2. The average molecular weight is 482 g/mol. The lowest BCUT2D eigenvalue weighted by molar-refractivity contribution is -0.139. The van der Waals surface area contributed by atoms with Gasteiger partial charge in [-0.15, -0.1) is 11.3 Å². The van der Waals surface area contributed by atoms with Crippen molar-refractivity contribution in [3.8, 4) is 0 Å². The largest absolute Gasteiger partial charge is 0.481 e. The topological polar surface area (TPSA) is 101 Å². The number of carboxylic acids is 1. The van der Waals surface area contributed by atoms with Crippen molar-refractivity contribution in [2.24, 2.45) is 4.99 Å². The van der Waals surface area contributed by atoms with Crippen LogP contribution in [0, 0.1) is 5.82 Å². The van der Waals surface area contributed by atoms with E-state index in [-0.39, 0.29) is 25.0 Å². The molecule has 2 aromatic rings. The van der Waals surface area contributed by atoms with Gasteiger partial charge in [-0.1, -0.05) is 22.0 Å². The second-order valence-electron chi connectivity index (χ2n) is 6.01. The maximum atomic E-state index is 13.6. The molecule has 1 aromatic carbocycles. The minimum Gasteiger partial charge on any atom is -0.481 e. The highest BCUT2D eigenvalue weighted by atomic mass is 79.9. The summed E-state index contributed by atoms with van der Waals surface area (Å²) in [4.78, 5) is 32.8. The summed E-state index contributed by atoms with van der Waals surface area (Å²) in [6, 6.07) is 3.29. The van der Waals surface area contributed by atoms with Crippen molar-refractivity contribution in [2.75, 3.05) is 6.61 Å². The van der Waals surface area contributed by atoms with E-state index in [0.717, 1.165) is 0 Å². The molecule has 2 N–H and O–H groups in total. The molecule has 1 aliphatic heterocycles. The minimum absolute atomic E-state index is 0.0726. The summed E-state index contributed by atoms with van der Waals surface area (Å²) in [5.74, 6) is -1.63. The Morgan fingerprint density at radius 1 is 1.41 bits per heavy atom. The van der Waals surface area contributed by atoms with Gasteiger partial charge in [-0.2, -0.15) is 0 Å². The summed E-state index contributed by atoms with van der Waals surface area (Å²) in [6.45, 7) is 1.83. The highest BCUT2D eigenvalue weighted by molar-refractivity contribution is 9.10. The molecule has 29 heavy (non-hydrogen) atoms. The Morgan fingerprint density at radius 2 is 2.21 bits per heavy atom. The van der Waals surface area contributed by atoms with Crippen LogP contribution < -0.4 is 5.32 Å². The zero-order valence-corrected chi connectivity index (χ0v) is 17.7. The van der Waals surface area contributed by atoms with Crippen LogP contribution in [0.2, 0.25) is 0 Å². The number of hydrogen-bond acceptors (Lipinski definition) is 7. The summed E-state index contributed by atoms with van der Waals surface area (Å²) in [7, 11) is 0. The second-order valence-corrected chi connectivity index (χ2v) is 7.76. The number of nitrogens with one attached hydrogen (secondary N) is 1. The van der Waals surface area contributed by atoms with E-state index in [0.29, 0.717) is 26.6 Å². The quantitative estimate of drug-likeness (QED) is 0.582. The Bertz CT molecular complexity index is 991. The van der Waals surface area contributed by atoms with Crippen molar-refractivity contribution in [3.05, 3.63) is 61.9 Å². The lowest BCUT2D eigenvalue weighted by Gasteiger charge is -2.27. The fourth-order valence-corrected chi connectivity index (χ4v) is 4.03. The Hall–Kier alpha value is -2.59. The van der Waals surface area contributed by atoms with Gasteiger partial charge in [0.05, 0.1) is 18.6 Å². The summed E-state index contributed by atoms with van der Waals surface area (Å²) >= 11 is 4.69. The van der Waals surface area contributed by atoms with Crippen LogP contribution in [-0.4, -0.2) is 34.5 Å². The van der Waals surface area contributed by atoms with Gasteiger partial charge in [0.15, 0.2) is 10.8 Å². The molecular weight excluding hydrogens is 465 g/mol. The highest BCUT2D eigenvalue weighted by Crippen LogP contribution is 2.37. The van der Waals surface area contributed by atoms with Gasteiger partial charge in [-0.25, -0.2) is 14.2 Å². The lowest BCUT2D eigenvalue weighted by atomic mass is 9.94. The van der Waals surface area contributed by atoms with Crippen LogP contribution >= 0.6 is 27.3 Å². The molecule has 0 bridgehead atoms. The molecule has 0 radical (unpaired) electrons. The third kappa shape index (κ3) is 4.88. The van der Waals surface area contributed by atoms with Crippen molar-refractivity contribution in [1.82, 2.24) is 10.3 Å². The maximum Gasteiger partial charge on any atom is 0.338 e. The van der Waals surface area contributed by atoms with E-state index >= 15 is 0 Å². The number of rotatable bonds is 7. The normalized spacial score (nSPS) is 16.2. The standard InChI is InChI=1S/C19H17BrFN3O4S/c1-2-28-19(27)15-13(5-6-14(25)26)23-17(18-22-7-8-29-18)24-16(15)11-4-3-10(21)9-12(11)20/h3-4,7-9,16H,2,5-6H2,1H3,(H,23,24)(H,25,26). The number of halogens is 2. The number of carbonyl (C=O) groups is 2. The Labute approximate surface area is 178 Å². The van der Waals surface area contributed by atoms with Crippen LogP contribution in [0.3, 0.4) is 0 Å². The first-order valence-corrected chi connectivity index (χ1v) is 10.4. The van der Waals surface area contributed by atoms with Crippen molar-refractivity contribution in [3.63, 3.8) is 0 Å². The fraction of sp³-hybridized carbons (Fsp3) is 0.263. The first-order chi connectivity index (χ1) is 13.9. The van der Waals surface area contributed by atoms with Gasteiger partial charge >= 0.3 is 11.9 Å². The SMILES string of the molecule is CCOC(=O)C1=C(CCC(=O)O)NC(c2nccs2)=NC1c1ccc(F)cc1Br. The first-order valence-electron chi connectivity index (χ1n) is 8.72. The van der Waals surface area contributed by atoms with E-state index in [9.17, 15) is 14.0 Å². The number of amidine groups is 1. The molecule has 7 nitrogen and oxygen atoms in total. The van der Waals surface area contributed by atoms with Crippen LogP contribution in [0.25, 0.3) is 0 Å². The molecule has 1 unspecified atom stereocenters. The van der Waals surface area contributed by atoms with E-state index in [1.807, 2.05) is 0 Å². The molecule has 0 saturated carbocycles. The van der Waals surface area contributed by atoms with Gasteiger partial charge in [0.2, 0.25) is 0 Å². The van der Waals surface area contributed by atoms with Crippen molar-refractivity contribution >= 4 is 45.0 Å². The van der Waals surface area contributed by atoms with Crippen molar-refractivity contribution in [1.29, 1.82) is 0 Å². The van der Waals surface area contributed by atoms with Crippen LogP contribution in [-0.2, 0) is 14.3 Å².